The molecule has 4 heteroatoms. The first kappa shape index (κ1) is 12.2. The van der Waals surface area contributed by atoms with Gasteiger partial charge in [0.1, 0.15) is 0 Å². The SMILES string of the molecule is CC(C)CC(C)(C)CNC(=O)NN. The highest BCUT2D eigenvalue weighted by atomic mass is 16.2. The molecule has 0 saturated carbocycles. The number of nitrogens with two attached hydrogens (primary N) is 1. The highest BCUT2D eigenvalue weighted by molar-refractivity contribution is 5.73. The van der Waals surface area contributed by atoms with Gasteiger partial charge in [-0.25, -0.2) is 10.6 Å². The van der Waals surface area contributed by atoms with Gasteiger partial charge in [-0.1, -0.05) is 27.7 Å². The average Bonchev–Trinajstić information content (AvgIpc) is 1.98. The molecule has 0 fully saturated rings. The van der Waals surface area contributed by atoms with Gasteiger partial charge in [-0.15, -0.1) is 0 Å². The number of hydrogen-bond acceptors (Lipinski definition) is 2. The topological polar surface area (TPSA) is 67.2 Å². The Morgan fingerprint density at radius 1 is 1.46 bits per heavy atom. The highest BCUT2D eigenvalue weighted by Crippen LogP contribution is 2.23. The van der Waals surface area contributed by atoms with Crippen LogP contribution in [0.15, 0.2) is 0 Å². The van der Waals surface area contributed by atoms with Crippen molar-refractivity contribution in [2.45, 2.75) is 34.1 Å². The standard InChI is InChI=1S/C9H21N3O/c1-7(2)5-9(3,4)6-11-8(13)12-10/h7H,5-6,10H2,1-4H3,(H2,11,12,13). The molecule has 0 heterocycles. The van der Waals surface area contributed by atoms with Crippen LogP contribution in [0.25, 0.3) is 0 Å². The van der Waals surface area contributed by atoms with Crippen LogP contribution in [0, 0.1) is 11.3 Å². The van der Waals surface area contributed by atoms with Gasteiger partial charge in [-0.2, -0.15) is 0 Å². The first-order chi connectivity index (χ1) is 5.87. The summed E-state index contributed by atoms with van der Waals surface area (Å²) in [6.07, 6.45) is 1.08. The number of nitrogens with one attached hydrogen (secondary N) is 2. The van der Waals surface area contributed by atoms with Crippen molar-refractivity contribution in [2.75, 3.05) is 6.54 Å². The molecule has 0 aliphatic rings. The third-order valence-electron chi connectivity index (χ3n) is 1.82. The Hall–Kier alpha value is -0.770. The lowest BCUT2D eigenvalue weighted by Gasteiger charge is -2.26. The van der Waals surface area contributed by atoms with Gasteiger partial charge in [0.25, 0.3) is 0 Å². The Kier molecular flexibility index (Phi) is 4.77. The fourth-order valence-electron chi connectivity index (χ4n) is 1.55. The molecule has 0 unspecified atom stereocenters. The summed E-state index contributed by atoms with van der Waals surface area (Å²) < 4.78 is 0. The monoisotopic (exact) mass is 187 g/mol. The third-order valence-corrected chi connectivity index (χ3v) is 1.82. The van der Waals surface area contributed by atoms with Crippen molar-refractivity contribution in [1.29, 1.82) is 0 Å². The summed E-state index contributed by atoms with van der Waals surface area (Å²) in [5, 5.41) is 2.70. The van der Waals surface area contributed by atoms with Crippen LogP contribution in [-0.2, 0) is 0 Å². The van der Waals surface area contributed by atoms with Crippen LogP contribution >= 0.6 is 0 Å². The van der Waals surface area contributed by atoms with E-state index in [0.717, 1.165) is 6.42 Å². The molecule has 2 amide bonds. The van der Waals surface area contributed by atoms with Gasteiger partial charge < -0.3 is 5.32 Å². The van der Waals surface area contributed by atoms with Gasteiger partial charge in [0, 0.05) is 6.54 Å². The second-order valence-corrected chi connectivity index (χ2v) is 4.59. The molecular weight excluding hydrogens is 166 g/mol. The summed E-state index contributed by atoms with van der Waals surface area (Å²) in [5.74, 6) is 5.58. The van der Waals surface area contributed by atoms with Crippen LogP contribution in [0.3, 0.4) is 0 Å². The van der Waals surface area contributed by atoms with Crippen molar-refractivity contribution in [2.24, 2.45) is 17.2 Å². The van der Waals surface area contributed by atoms with Crippen molar-refractivity contribution in [1.82, 2.24) is 10.7 Å². The predicted octanol–water partition coefficient (Wildman–Crippen LogP) is 1.23. The van der Waals surface area contributed by atoms with Crippen LogP contribution in [0.1, 0.15) is 34.1 Å². The highest BCUT2D eigenvalue weighted by Gasteiger charge is 2.19. The molecule has 0 spiro atoms. The molecule has 0 radical (unpaired) electrons. The van der Waals surface area contributed by atoms with Crippen molar-refractivity contribution < 1.29 is 4.79 Å². The number of hydrogen-bond donors (Lipinski definition) is 3. The molecule has 0 atom stereocenters. The zero-order valence-electron chi connectivity index (χ0n) is 8.98. The number of urea groups is 1. The summed E-state index contributed by atoms with van der Waals surface area (Å²) in [7, 11) is 0. The van der Waals surface area contributed by atoms with Crippen molar-refractivity contribution in [3.05, 3.63) is 0 Å². The minimum absolute atomic E-state index is 0.126. The molecule has 0 aromatic heterocycles. The summed E-state index contributed by atoms with van der Waals surface area (Å²) in [6.45, 7) is 9.25. The maximum absolute atomic E-state index is 10.8. The molecule has 0 aliphatic heterocycles. The largest absolute Gasteiger partial charge is 0.337 e. The molecule has 4 N–H and O–H groups in total. The molecule has 4 nitrogen and oxygen atoms in total. The minimum atomic E-state index is -0.322. The maximum atomic E-state index is 10.8. The second-order valence-electron chi connectivity index (χ2n) is 4.59. The summed E-state index contributed by atoms with van der Waals surface area (Å²) in [4.78, 5) is 10.8. The molecule has 0 aromatic rings. The lowest BCUT2D eigenvalue weighted by molar-refractivity contribution is 0.227. The average molecular weight is 187 g/mol. The van der Waals surface area contributed by atoms with Gasteiger partial charge in [0.2, 0.25) is 0 Å². The molecule has 0 saturated heterocycles. The minimum Gasteiger partial charge on any atom is -0.337 e. The molecule has 0 aromatic carbocycles. The molecular formula is C9H21N3O. The lowest BCUT2D eigenvalue weighted by atomic mass is 9.84. The Morgan fingerprint density at radius 2 is 2.00 bits per heavy atom. The maximum Gasteiger partial charge on any atom is 0.328 e. The van der Waals surface area contributed by atoms with E-state index in [2.05, 4.69) is 33.0 Å². The number of carbonyl (C=O) groups is 1. The fraction of sp³-hybridized carbons (Fsp3) is 0.889. The lowest BCUT2D eigenvalue weighted by Crippen LogP contribution is -2.43. The van der Waals surface area contributed by atoms with Gasteiger partial charge in [-0.05, 0) is 17.8 Å². The van der Waals surface area contributed by atoms with E-state index >= 15 is 0 Å². The Balaban J connectivity index is 3.81. The van der Waals surface area contributed by atoms with E-state index < -0.39 is 0 Å². The number of carbonyl (C=O) groups excluding carboxylic acids is 1. The molecule has 0 aliphatic carbocycles. The first-order valence-electron chi connectivity index (χ1n) is 4.62. The van der Waals surface area contributed by atoms with E-state index in [9.17, 15) is 4.79 Å². The van der Waals surface area contributed by atoms with Gasteiger partial charge >= 0.3 is 6.03 Å². The fourth-order valence-corrected chi connectivity index (χ4v) is 1.55. The Bertz CT molecular complexity index is 166. The Labute approximate surface area is 80.2 Å². The molecule has 78 valence electrons. The summed E-state index contributed by atoms with van der Waals surface area (Å²) in [6, 6.07) is -0.322. The normalized spacial score (nSPS) is 11.5. The number of amides is 2. The zero-order valence-corrected chi connectivity index (χ0v) is 8.98. The van der Waals surface area contributed by atoms with E-state index in [4.69, 9.17) is 5.84 Å². The third kappa shape index (κ3) is 6.40. The van der Waals surface area contributed by atoms with Gasteiger partial charge in [0.05, 0.1) is 0 Å². The van der Waals surface area contributed by atoms with Crippen LogP contribution in [0.2, 0.25) is 0 Å². The van der Waals surface area contributed by atoms with E-state index in [1.165, 1.54) is 0 Å². The van der Waals surface area contributed by atoms with Crippen molar-refractivity contribution in [3.63, 3.8) is 0 Å². The van der Waals surface area contributed by atoms with Crippen molar-refractivity contribution >= 4 is 6.03 Å². The quantitative estimate of drug-likeness (QED) is 0.352. The van der Waals surface area contributed by atoms with E-state index in [0.29, 0.717) is 12.5 Å². The smallest absolute Gasteiger partial charge is 0.328 e. The van der Waals surface area contributed by atoms with E-state index in [1.807, 2.05) is 5.43 Å². The van der Waals surface area contributed by atoms with Gasteiger partial charge in [0.15, 0.2) is 0 Å². The van der Waals surface area contributed by atoms with Crippen LogP contribution < -0.4 is 16.6 Å². The van der Waals surface area contributed by atoms with E-state index in [-0.39, 0.29) is 11.4 Å². The summed E-state index contributed by atoms with van der Waals surface area (Å²) in [5.41, 5.74) is 2.17. The predicted molar refractivity (Wildman–Crippen MR) is 54.0 cm³/mol. The van der Waals surface area contributed by atoms with E-state index in [1.54, 1.807) is 0 Å². The van der Waals surface area contributed by atoms with Crippen LogP contribution in [-0.4, -0.2) is 12.6 Å². The van der Waals surface area contributed by atoms with Crippen LogP contribution in [0.4, 0.5) is 4.79 Å². The molecule has 13 heavy (non-hydrogen) atoms. The Morgan fingerprint density at radius 3 is 2.38 bits per heavy atom. The summed E-state index contributed by atoms with van der Waals surface area (Å²) >= 11 is 0. The second kappa shape index (κ2) is 5.07. The number of rotatable bonds is 4. The van der Waals surface area contributed by atoms with Crippen LogP contribution in [0.5, 0.6) is 0 Å². The van der Waals surface area contributed by atoms with Gasteiger partial charge in [-0.3, -0.25) is 5.43 Å². The molecule has 0 bridgehead atoms. The van der Waals surface area contributed by atoms with Crippen molar-refractivity contribution in [3.8, 4) is 0 Å². The first-order valence-corrected chi connectivity index (χ1v) is 4.62. The molecule has 0 rings (SSSR count). The number of hydrazine groups is 1. The zero-order chi connectivity index (χ0) is 10.5.